The molecule has 3 N–H and O–H groups in total. The fourth-order valence-electron chi connectivity index (χ4n) is 3.34. The Morgan fingerprint density at radius 2 is 1.61 bits per heavy atom. The van der Waals surface area contributed by atoms with E-state index < -0.39 is 12.0 Å². The summed E-state index contributed by atoms with van der Waals surface area (Å²) in [4.78, 5) is 37.5. The Bertz CT molecular complexity index is 1050. The second-order valence-electron chi connectivity index (χ2n) is 6.72. The Balaban J connectivity index is 1.50. The fourth-order valence-corrected chi connectivity index (χ4v) is 3.34. The zero-order valence-electron chi connectivity index (χ0n) is 15.0. The molecular formula is C22H19N3O3. The van der Waals surface area contributed by atoms with Gasteiger partial charge in [-0.05, 0) is 35.0 Å². The molecule has 3 amide bonds. The monoisotopic (exact) mass is 373 g/mol. The Morgan fingerprint density at radius 3 is 2.39 bits per heavy atom. The maximum absolute atomic E-state index is 12.7. The smallest absolute Gasteiger partial charge is 0.251 e. The second kappa shape index (κ2) is 7.52. The largest absolute Gasteiger partial charge is 0.353 e. The van der Waals surface area contributed by atoms with Gasteiger partial charge in [0.15, 0.2) is 0 Å². The van der Waals surface area contributed by atoms with E-state index in [2.05, 4.69) is 16.0 Å². The third-order valence-electron chi connectivity index (χ3n) is 4.86. The number of carbonyl (C=O) groups is 3. The zero-order valence-corrected chi connectivity index (χ0v) is 15.0. The van der Waals surface area contributed by atoms with Crippen LogP contribution in [0, 0.1) is 5.92 Å². The molecule has 0 bridgehead atoms. The normalized spacial score (nSPS) is 18.5. The molecule has 3 aromatic rings. The lowest BCUT2D eigenvalue weighted by molar-refractivity contribution is -0.124. The first-order chi connectivity index (χ1) is 13.6. The molecule has 6 heteroatoms. The van der Waals surface area contributed by atoms with Crippen LogP contribution >= 0.6 is 0 Å². The topological polar surface area (TPSA) is 87.3 Å². The van der Waals surface area contributed by atoms with Gasteiger partial charge in [-0.2, -0.15) is 0 Å². The summed E-state index contributed by atoms with van der Waals surface area (Å²) < 4.78 is 0. The number of hydrogen-bond donors (Lipinski definition) is 3. The van der Waals surface area contributed by atoms with Crippen LogP contribution in [-0.4, -0.2) is 30.3 Å². The van der Waals surface area contributed by atoms with Gasteiger partial charge in [0.2, 0.25) is 11.8 Å². The molecule has 0 aromatic heterocycles. The third kappa shape index (κ3) is 3.57. The van der Waals surface area contributed by atoms with Crippen LogP contribution in [0.4, 0.5) is 5.69 Å². The lowest BCUT2D eigenvalue weighted by atomic mass is 10.0. The standard InChI is InChI=1S/C22H19N3O3/c26-20(16-11-10-14-6-4-5-7-15(14)12-16)25-19-18(13-23-22(19)28)21(27)24-17-8-2-1-3-9-17/h1-12,18-19H,13H2,(H,23,28)(H,24,27)(H,25,26)/t18-,19-/m0/s1. The average molecular weight is 373 g/mol. The van der Waals surface area contributed by atoms with Crippen molar-refractivity contribution in [3.63, 3.8) is 0 Å². The lowest BCUT2D eigenvalue weighted by Gasteiger charge is -2.18. The molecule has 6 nitrogen and oxygen atoms in total. The predicted octanol–water partition coefficient (Wildman–Crippen LogP) is 2.32. The first-order valence-corrected chi connectivity index (χ1v) is 9.05. The minimum Gasteiger partial charge on any atom is -0.353 e. The van der Waals surface area contributed by atoms with Gasteiger partial charge in [0.1, 0.15) is 6.04 Å². The highest BCUT2D eigenvalue weighted by molar-refractivity contribution is 6.04. The molecule has 0 saturated carbocycles. The molecule has 0 aliphatic carbocycles. The maximum Gasteiger partial charge on any atom is 0.251 e. The molecule has 0 radical (unpaired) electrons. The summed E-state index contributed by atoms with van der Waals surface area (Å²) in [5.41, 5.74) is 1.09. The van der Waals surface area contributed by atoms with Crippen LogP contribution in [0.5, 0.6) is 0 Å². The van der Waals surface area contributed by atoms with Crippen LogP contribution < -0.4 is 16.0 Å². The van der Waals surface area contributed by atoms with E-state index in [4.69, 9.17) is 0 Å². The van der Waals surface area contributed by atoms with E-state index >= 15 is 0 Å². The number of anilines is 1. The van der Waals surface area contributed by atoms with Gasteiger partial charge in [-0.25, -0.2) is 0 Å². The number of carbonyl (C=O) groups excluding carboxylic acids is 3. The number of fused-ring (bicyclic) bond motifs is 1. The molecule has 2 atom stereocenters. The first-order valence-electron chi connectivity index (χ1n) is 9.05. The van der Waals surface area contributed by atoms with Crippen molar-refractivity contribution in [3.8, 4) is 0 Å². The summed E-state index contributed by atoms with van der Waals surface area (Å²) in [5, 5.41) is 10.1. The summed E-state index contributed by atoms with van der Waals surface area (Å²) >= 11 is 0. The highest BCUT2D eigenvalue weighted by Gasteiger charge is 2.40. The van der Waals surface area contributed by atoms with Crippen molar-refractivity contribution in [3.05, 3.63) is 78.4 Å². The van der Waals surface area contributed by atoms with Crippen molar-refractivity contribution in [2.45, 2.75) is 6.04 Å². The highest BCUT2D eigenvalue weighted by atomic mass is 16.2. The van der Waals surface area contributed by atoms with Gasteiger partial charge >= 0.3 is 0 Å². The molecule has 3 aromatic carbocycles. The molecule has 1 fully saturated rings. The summed E-state index contributed by atoms with van der Waals surface area (Å²) in [6.45, 7) is 0.181. The molecule has 0 spiro atoms. The number of rotatable bonds is 4. The minimum atomic E-state index is -0.914. The van der Waals surface area contributed by atoms with E-state index in [1.165, 1.54) is 0 Å². The van der Waals surface area contributed by atoms with Gasteiger partial charge in [-0.3, -0.25) is 14.4 Å². The van der Waals surface area contributed by atoms with Crippen molar-refractivity contribution in [1.82, 2.24) is 10.6 Å². The molecule has 1 aliphatic rings. The van der Waals surface area contributed by atoms with Crippen molar-refractivity contribution >= 4 is 34.2 Å². The van der Waals surface area contributed by atoms with Gasteiger partial charge in [-0.15, -0.1) is 0 Å². The fraction of sp³-hybridized carbons (Fsp3) is 0.136. The Kier molecular flexibility index (Phi) is 4.76. The Morgan fingerprint density at radius 1 is 0.893 bits per heavy atom. The number of para-hydroxylation sites is 1. The maximum atomic E-state index is 12.7. The second-order valence-corrected chi connectivity index (χ2v) is 6.72. The molecule has 1 heterocycles. The average Bonchev–Trinajstić information content (AvgIpc) is 3.08. The van der Waals surface area contributed by atoms with E-state index in [9.17, 15) is 14.4 Å². The quantitative estimate of drug-likeness (QED) is 0.656. The van der Waals surface area contributed by atoms with Gasteiger partial charge in [0, 0.05) is 17.8 Å². The van der Waals surface area contributed by atoms with Crippen LogP contribution in [0.25, 0.3) is 10.8 Å². The molecule has 0 unspecified atom stereocenters. The van der Waals surface area contributed by atoms with Crippen LogP contribution in [0.1, 0.15) is 10.4 Å². The van der Waals surface area contributed by atoms with Crippen LogP contribution in [0.2, 0.25) is 0 Å². The third-order valence-corrected chi connectivity index (χ3v) is 4.86. The van der Waals surface area contributed by atoms with E-state index in [0.717, 1.165) is 10.8 Å². The van der Waals surface area contributed by atoms with E-state index in [0.29, 0.717) is 11.3 Å². The highest BCUT2D eigenvalue weighted by Crippen LogP contribution is 2.18. The van der Waals surface area contributed by atoms with Crippen molar-refractivity contribution in [1.29, 1.82) is 0 Å². The summed E-state index contributed by atoms with van der Waals surface area (Å²) in [7, 11) is 0. The molecule has 1 saturated heterocycles. The van der Waals surface area contributed by atoms with Crippen molar-refractivity contribution < 1.29 is 14.4 Å². The molecular weight excluding hydrogens is 354 g/mol. The van der Waals surface area contributed by atoms with E-state index in [1.54, 1.807) is 24.3 Å². The number of hydrogen-bond acceptors (Lipinski definition) is 3. The number of nitrogens with one attached hydrogen (secondary N) is 3. The zero-order chi connectivity index (χ0) is 19.5. The summed E-state index contributed by atoms with van der Waals surface area (Å²) in [6.07, 6.45) is 0. The molecule has 4 rings (SSSR count). The summed E-state index contributed by atoms with van der Waals surface area (Å²) in [5.74, 6) is -1.74. The van der Waals surface area contributed by atoms with Gasteiger partial charge in [0.25, 0.3) is 5.91 Å². The molecule has 28 heavy (non-hydrogen) atoms. The number of benzene rings is 3. The van der Waals surface area contributed by atoms with Gasteiger partial charge in [0.05, 0.1) is 5.92 Å². The van der Waals surface area contributed by atoms with Crippen LogP contribution in [-0.2, 0) is 9.59 Å². The van der Waals surface area contributed by atoms with Crippen LogP contribution in [0.15, 0.2) is 72.8 Å². The Labute approximate surface area is 161 Å². The Hall–Kier alpha value is -3.67. The van der Waals surface area contributed by atoms with Gasteiger partial charge < -0.3 is 16.0 Å². The van der Waals surface area contributed by atoms with E-state index in [-0.39, 0.29) is 24.3 Å². The van der Waals surface area contributed by atoms with Gasteiger partial charge in [-0.1, -0.05) is 48.5 Å². The van der Waals surface area contributed by atoms with Crippen molar-refractivity contribution in [2.75, 3.05) is 11.9 Å². The first kappa shape index (κ1) is 17.7. The lowest BCUT2D eigenvalue weighted by Crippen LogP contribution is -2.46. The van der Waals surface area contributed by atoms with Crippen LogP contribution in [0.3, 0.4) is 0 Å². The number of amides is 3. The molecule has 1 aliphatic heterocycles. The molecule has 140 valence electrons. The van der Waals surface area contributed by atoms with E-state index in [1.807, 2.05) is 48.5 Å². The summed E-state index contributed by atoms with van der Waals surface area (Å²) in [6, 6.07) is 21.2. The van der Waals surface area contributed by atoms with Crippen molar-refractivity contribution in [2.24, 2.45) is 5.92 Å². The SMILES string of the molecule is O=C(N[C@@H]1C(=O)NC[C@@H]1C(=O)Nc1ccccc1)c1ccc2ccccc2c1. The minimum absolute atomic E-state index is 0.181. The predicted molar refractivity (Wildman–Crippen MR) is 107 cm³/mol.